The van der Waals surface area contributed by atoms with Crippen LogP contribution in [0, 0.1) is 71.0 Å². The Morgan fingerprint density at radius 1 is 0.849 bits per heavy atom. The summed E-state index contributed by atoms with van der Waals surface area (Å²) in [4.78, 5) is 27.6. The molecule has 9 atom stereocenters. The first-order chi connectivity index (χ1) is 25.2. The van der Waals surface area contributed by atoms with Crippen LogP contribution in [0.5, 0.6) is 0 Å². The molecule has 5 heteroatoms. The van der Waals surface area contributed by atoms with Crippen molar-refractivity contribution < 1.29 is 14.7 Å². The van der Waals surface area contributed by atoms with Crippen molar-refractivity contribution in [3.8, 4) is 25.7 Å². The van der Waals surface area contributed by atoms with E-state index in [4.69, 9.17) is 0 Å². The predicted molar refractivity (Wildman–Crippen MR) is 221 cm³/mol. The van der Waals surface area contributed by atoms with E-state index in [0.29, 0.717) is 52.7 Å². The van der Waals surface area contributed by atoms with E-state index >= 15 is 0 Å². The van der Waals surface area contributed by atoms with Gasteiger partial charge in [-0.3, -0.25) is 9.69 Å². The van der Waals surface area contributed by atoms with E-state index in [1.807, 2.05) is 19.1 Å². The molecule has 5 aliphatic carbocycles. The molecule has 2 N–H and O–H groups in total. The largest absolute Gasteiger partial charge is 0.478 e. The van der Waals surface area contributed by atoms with Gasteiger partial charge in [0.25, 0.3) is 0 Å². The van der Waals surface area contributed by atoms with E-state index in [2.05, 4.69) is 90.1 Å². The van der Waals surface area contributed by atoms with Gasteiger partial charge in [0.05, 0.1) is 12.1 Å². The van der Waals surface area contributed by atoms with Crippen LogP contribution >= 0.6 is 0 Å². The van der Waals surface area contributed by atoms with Crippen molar-refractivity contribution in [2.75, 3.05) is 13.1 Å². The van der Waals surface area contributed by atoms with Crippen molar-refractivity contribution in [3.05, 3.63) is 54.1 Å². The Balaban J connectivity index is 0.000000841. The number of nitrogens with zero attached hydrogens (tertiary/aromatic N) is 1. The van der Waals surface area contributed by atoms with E-state index in [9.17, 15) is 14.7 Å². The minimum Gasteiger partial charge on any atom is -0.478 e. The number of carboxylic acid groups (broad SMARTS) is 1. The summed E-state index contributed by atoms with van der Waals surface area (Å²) < 4.78 is 0. The summed E-state index contributed by atoms with van der Waals surface area (Å²) in [6, 6.07) is 8.11. The Morgan fingerprint density at radius 2 is 1.51 bits per heavy atom. The summed E-state index contributed by atoms with van der Waals surface area (Å²) in [5.74, 6) is 2.01. The van der Waals surface area contributed by atoms with E-state index in [0.717, 1.165) is 19.4 Å². The fourth-order valence-corrected chi connectivity index (χ4v) is 13.6. The van der Waals surface area contributed by atoms with Gasteiger partial charge in [-0.05, 0) is 160 Å². The fourth-order valence-electron chi connectivity index (χ4n) is 13.6. The summed E-state index contributed by atoms with van der Waals surface area (Å²) in [7, 11) is 0. The number of rotatable bonds is 5. The fraction of sp³-hybridized carbons (Fsp3) is 0.667. The van der Waals surface area contributed by atoms with Crippen LogP contribution in [0.1, 0.15) is 148 Å². The average Bonchev–Trinajstić information content (AvgIpc) is 3.55. The van der Waals surface area contributed by atoms with Gasteiger partial charge >= 0.3 is 5.97 Å². The first kappa shape index (κ1) is 42.5. The molecule has 6 aliphatic rings. The number of piperidine rings is 1. The van der Waals surface area contributed by atoms with Crippen molar-refractivity contribution in [2.45, 2.75) is 144 Å². The van der Waals surface area contributed by atoms with Crippen molar-refractivity contribution in [1.82, 2.24) is 10.2 Å². The van der Waals surface area contributed by atoms with Crippen LogP contribution in [0.2, 0.25) is 0 Å². The quantitative estimate of drug-likeness (QED) is 0.235. The van der Waals surface area contributed by atoms with Gasteiger partial charge in [-0.15, -0.1) is 32.3 Å². The molecule has 5 fully saturated rings. The maximum atomic E-state index is 13.6. The number of carbonyl (C=O) groups is 2. The number of aromatic carboxylic acids is 1. The van der Waals surface area contributed by atoms with Gasteiger partial charge in [-0.1, -0.05) is 71.7 Å². The highest BCUT2D eigenvalue weighted by Gasteiger charge is 2.69. The first-order valence-corrected chi connectivity index (χ1v) is 20.5. The average molecular weight is 723 g/mol. The van der Waals surface area contributed by atoms with Crippen molar-refractivity contribution in [3.63, 3.8) is 0 Å². The zero-order valence-corrected chi connectivity index (χ0v) is 34.2. The van der Waals surface area contributed by atoms with E-state index in [-0.39, 0.29) is 22.3 Å². The minimum atomic E-state index is -0.862. The summed E-state index contributed by atoms with van der Waals surface area (Å²) >= 11 is 0. The topological polar surface area (TPSA) is 69.6 Å². The third-order valence-electron chi connectivity index (χ3n) is 16.1. The molecule has 0 spiro atoms. The molecule has 1 amide bonds. The van der Waals surface area contributed by atoms with Crippen LogP contribution in [-0.4, -0.2) is 46.6 Å². The van der Waals surface area contributed by atoms with Gasteiger partial charge in [0, 0.05) is 11.6 Å². The van der Waals surface area contributed by atoms with Crippen molar-refractivity contribution in [1.29, 1.82) is 0 Å². The summed E-state index contributed by atoms with van der Waals surface area (Å²) in [6.07, 6.45) is 36.4. The van der Waals surface area contributed by atoms with Crippen LogP contribution in [0.3, 0.4) is 0 Å². The van der Waals surface area contributed by atoms with E-state index in [1.54, 1.807) is 18.2 Å². The highest BCUT2D eigenvalue weighted by Crippen LogP contribution is 2.76. The van der Waals surface area contributed by atoms with Crippen LogP contribution < -0.4 is 5.32 Å². The molecule has 1 heterocycles. The molecule has 1 aliphatic heterocycles. The molecule has 0 radical (unpaired) electrons. The highest BCUT2D eigenvalue weighted by molar-refractivity contribution is 5.88. The van der Waals surface area contributed by atoms with Crippen molar-refractivity contribution >= 4 is 17.4 Å². The molecule has 0 bridgehead atoms. The zero-order chi connectivity index (χ0) is 39.4. The van der Waals surface area contributed by atoms with E-state index in [1.165, 1.54) is 81.8 Å². The standard InChI is InChI=1S/C41H60N2O3.C3H6.2C2H2/c1-27-10-7-8-25-43(27)26-35(44)42-41-20-9-11-32(41)31-16-17-34-38(4)21-18-30(28-12-14-29(15-13-28)36(45)46)37(2,3)33(38)19-22-40(34,6)39(31,5)23-24-41;1-3-2;2*1-2/h12-15,18,27,31-34H,7-11,16-17,19-26H2,1-6H3,(H,42,44)(H,45,46);3H,1H2,2H3;2*1-2H/t27?,31-,32?,33?,34?,38+,39-,40-,41+;;;/m1.../s1. The number of carboxylic acids is 1. The maximum absolute atomic E-state index is 13.6. The van der Waals surface area contributed by atoms with Crippen LogP contribution in [-0.2, 0) is 4.79 Å². The van der Waals surface area contributed by atoms with Crippen LogP contribution in [0.15, 0.2) is 43.0 Å². The molecule has 290 valence electrons. The lowest BCUT2D eigenvalue weighted by atomic mass is 9.33. The first-order valence-electron chi connectivity index (χ1n) is 20.5. The Bertz CT molecular complexity index is 1530. The van der Waals surface area contributed by atoms with Crippen LogP contribution in [0.25, 0.3) is 5.57 Å². The maximum Gasteiger partial charge on any atom is 0.335 e. The van der Waals surface area contributed by atoms with Gasteiger partial charge < -0.3 is 10.4 Å². The molecule has 1 aromatic carbocycles. The summed E-state index contributed by atoms with van der Waals surface area (Å²) in [6.45, 7) is 22.1. The van der Waals surface area contributed by atoms with Gasteiger partial charge in [0.2, 0.25) is 5.91 Å². The second kappa shape index (κ2) is 16.6. The second-order valence-corrected chi connectivity index (χ2v) is 18.5. The third-order valence-corrected chi connectivity index (χ3v) is 16.1. The molecule has 1 aromatic rings. The number of carbonyl (C=O) groups excluding carboxylic acids is 1. The smallest absolute Gasteiger partial charge is 0.335 e. The lowest BCUT2D eigenvalue weighted by Gasteiger charge is -2.72. The number of benzene rings is 1. The van der Waals surface area contributed by atoms with Crippen LogP contribution in [0.4, 0.5) is 0 Å². The molecule has 5 nitrogen and oxygen atoms in total. The number of amides is 1. The Kier molecular flexibility index (Phi) is 13.3. The molecule has 7 rings (SSSR count). The lowest BCUT2D eigenvalue weighted by molar-refractivity contribution is -0.217. The monoisotopic (exact) mass is 723 g/mol. The Labute approximate surface area is 323 Å². The second-order valence-electron chi connectivity index (χ2n) is 18.5. The Hall–Kier alpha value is -3.28. The van der Waals surface area contributed by atoms with E-state index < -0.39 is 5.97 Å². The molecule has 53 heavy (non-hydrogen) atoms. The van der Waals surface area contributed by atoms with Gasteiger partial charge in [-0.2, -0.15) is 0 Å². The SMILES string of the molecule is C#C.C#C.C=CC.CC1CCCCN1CC(=O)N[C@]12CCCC1[C@H]1CCC3[C@@]4(C)CC=C(c5ccc(C(=O)O)cc5)C(C)(C)C4CC[C@@]3(C)[C@]1(C)CC2. The molecule has 4 saturated carbocycles. The molecule has 0 aromatic heterocycles. The minimum absolute atomic E-state index is 0.00520. The normalized spacial score (nSPS) is 37.9. The Morgan fingerprint density at radius 3 is 2.13 bits per heavy atom. The number of fused-ring (bicyclic) bond motifs is 7. The molecule has 1 saturated heterocycles. The highest BCUT2D eigenvalue weighted by atomic mass is 16.4. The number of likely N-dealkylation sites (tertiary alicyclic amines) is 1. The summed E-state index contributed by atoms with van der Waals surface area (Å²) in [5, 5.41) is 13.2. The number of nitrogens with one attached hydrogen (secondary N) is 1. The molecular formula is C48H70N2O3. The number of terminal acetylenes is 2. The van der Waals surface area contributed by atoms with Gasteiger partial charge in [-0.25, -0.2) is 4.79 Å². The lowest BCUT2D eigenvalue weighted by Crippen LogP contribution is -2.68. The third kappa shape index (κ3) is 7.30. The van der Waals surface area contributed by atoms with Gasteiger partial charge in [0.15, 0.2) is 0 Å². The number of allylic oxidation sites excluding steroid dienone is 3. The number of hydrogen-bond donors (Lipinski definition) is 2. The molecular weight excluding hydrogens is 653 g/mol. The summed E-state index contributed by atoms with van der Waals surface area (Å²) in [5.41, 5.74) is 3.82. The predicted octanol–water partition coefficient (Wildman–Crippen LogP) is 10.7. The number of hydrogen-bond acceptors (Lipinski definition) is 3. The van der Waals surface area contributed by atoms with Gasteiger partial charge in [0.1, 0.15) is 0 Å². The zero-order valence-electron chi connectivity index (χ0n) is 34.2. The molecule has 4 unspecified atom stereocenters. The van der Waals surface area contributed by atoms with Crippen molar-refractivity contribution in [2.24, 2.45) is 45.3 Å².